The predicted octanol–water partition coefficient (Wildman–Crippen LogP) is 8.21. The molecule has 2 aliphatic heterocycles. The minimum absolute atomic E-state index is 0.00716. The third kappa shape index (κ3) is 5.64. The van der Waals surface area contributed by atoms with Gasteiger partial charge in [-0.2, -0.15) is 0 Å². The van der Waals surface area contributed by atoms with Gasteiger partial charge >= 0.3 is 33.0 Å². The fourth-order valence-electron chi connectivity index (χ4n) is 5.04. The number of nitrogens with zero attached hydrogens (tertiary/aromatic N) is 2. The average Bonchev–Trinajstić information content (AvgIpc) is 3.44. The Morgan fingerprint density at radius 2 is 1.00 bits per heavy atom. The second kappa shape index (κ2) is 12.4. The standard InChI is InChI=1S/C27H34N2O2.2ClH.Ni/c1-5-26(6-2)24(20-15-11-9-12-16-20)28-22(30-26)19-23-29-25(21-17-13-10-14-18-21)27(7-3,8-4)31-23;;;/h9-18,24-25H,5-8,19H2,1-4H3;2*1H;/q;;;+2/p-2/t24-,25-;;;/m1.../s1. The van der Waals surface area contributed by atoms with Crippen molar-refractivity contribution in [2.45, 2.75) is 83.1 Å². The van der Waals surface area contributed by atoms with Crippen LogP contribution < -0.4 is 0 Å². The normalized spacial score (nSPS) is 22.2. The summed E-state index contributed by atoms with van der Waals surface area (Å²) in [6.07, 6.45) is 4.14. The van der Waals surface area contributed by atoms with E-state index in [4.69, 9.17) is 39.8 Å². The van der Waals surface area contributed by atoms with Gasteiger partial charge in [-0.1, -0.05) is 88.4 Å². The first-order valence-electron chi connectivity index (χ1n) is 11.9. The topological polar surface area (TPSA) is 43.2 Å². The van der Waals surface area contributed by atoms with E-state index in [9.17, 15) is 0 Å². The molecule has 2 aromatic rings. The van der Waals surface area contributed by atoms with Gasteiger partial charge in [0.15, 0.2) is 11.8 Å². The Morgan fingerprint density at radius 1 is 0.676 bits per heavy atom. The van der Waals surface area contributed by atoms with E-state index in [2.05, 4.69) is 76.2 Å². The molecule has 0 aromatic heterocycles. The molecule has 0 radical (unpaired) electrons. The molecule has 188 valence electrons. The fraction of sp³-hybridized carbons (Fsp3) is 0.481. The van der Waals surface area contributed by atoms with Gasteiger partial charge in [-0.25, -0.2) is 9.98 Å². The molecule has 2 heterocycles. The van der Waals surface area contributed by atoms with Gasteiger partial charge in [-0.15, -0.1) is 0 Å². The van der Waals surface area contributed by atoms with Crippen LogP contribution in [-0.4, -0.2) is 23.0 Å². The molecule has 0 saturated heterocycles. The molecule has 0 amide bonds. The molecule has 34 heavy (non-hydrogen) atoms. The molecule has 0 unspecified atom stereocenters. The molecule has 2 aliphatic rings. The van der Waals surface area contributed by atoms with Crippen LogP contribution in [0.2, 0.25) is 0 Å². The summed E-state index contributed by atoms with van der Waals surface area (Å²) in [5.41, 5.74) is 1.80. The average molecular weight is 548 g/mol. The van der Waals surface area contributed by atoms with Crippen molar-refractivity contribution in [3.05, 3.63) is 71.8 Å². The van der Waals surface area contributed by atoms with Crippen LogP contribution in [0, 0.1) is 0 Å². The van der Waals surface area contributed by atoms with Gasteiger partial charge in [0.1, 0.15) is 23.3 Å². The summed E-state index contributed by atoms with van der Waals surface area (Å²) in [6, 6.07) is 21.0. The molecule has 0 bridgehead atoms. The zero-order valence-corrected chi connectivity index (χ0v) is 22.7. The van der Waals surface area contributed by atoms with Crippen molar-refractivity contribution in [2.24, 2.45) is 9.98 Å². The first-order chi connectivity index (χ1) is 16.5. The Kier molecular flexibility index (Phi) is 9.88. The van der Waals surface area contributed by atoms with Gasteiger partial charge in [-0.05, 0) is 36.8 Å². The van der Waals surface area contributed by atoms with Crippen LogP contribution >= 0.6 is 20.4 Å². The van der Waals surface area contributed by atoms with E-state index < -0.39 is 0 Å². The number of hydrogen-bond donors (Lipinski definition) is 0. The minimum atomic E-state index is -0.304. The van der Waals surface area contributed by atoms with E-state index in [1.165, 1.54) is 11.1 Å². The second-order valence-corrected chi connectivity index (χ2v) is 10.3. The summed E-state index contributed by atoms with van der Waals surface area (Å²) in [4.78, 5) is 10.1. The molecule has 7 heteroatoms. The van der Waals surface area contributed by atoms with E-state index in [0.29, 0.717) is 19.1 Å². The Bertz CT molecular complexity index is 884. The summed E-state index contributed by atoms with van der Waals surface area (Å²) >= 11 is 0.569. The van der Waals surface area contributed by atoms with E-state index in [1.807, 2.05) is 12.1 Å². The zero-order valence-electron chi connectivity index (χ0n) is 20.2. The Balaban J connectivity index is 0.00000103. The summed E-state index contributed by atoms with van der Waals surface area (Å²) in [7, 11) is 9.40. The quantitative estimate of drug-likeness (QED) is 0.312. The van der Waals surface area contributed by atoms with Crippen LogP contribution in [0.1, 0.15) is 83.0 Å². The third-order valence-corrected chi connectivity index (χ3v) is 7.11. The summed E-state index contributed by atoms with van der Waals surface area (Å²) in [5.74, 6) is 1.48. The first kappa shape index (κ1) is 27.0. The number of halogens is 2. The number of ether oxygens (including phenoxy) is 2. The molecule has 2 aromatic carbocycles. The molecule has 0 fully saturated rings. The molecule has 2 atom stereocenters. The van der Waals surface area contributed by atoms with Gasteiger partial charge in [-0.3, -0.25) is 0 Å². The van der Waals surface area contributed by atoms with E-state index in [-0.39, 0.29) is 23.3 Å². The van der Waals surface area contributed by atoms with Crippen molar-refractivity contribution >= 4 is 32.2 Å². The molecule has 0 N–H and O–H groups in total. The Hall–Kier alpha value is -1.55. The number of benzene rings is 2. The van der Waals surface area contributed by atoms with Gasteiger partial charge in [0.25, 0.3) is 0 Å². The van der Waals surface area contributed by atoms with E-state index in [1.54, 1.807) is 0 Å². The molecular formula is C27H34Cl2N2NiO2. The fourth-order valence-corrected chi connectivity index (χ4v) is 5.04. The maximum atomic E-state index is 6.54. The van der Waals surface area contributed by atoms with Gasteiger partial charge in [0, 0.05) is 0 Å². The van der Waals surface area contributed by atoms with Crippen molar-refractivity contribution < 1.29 is 22.1 Å². The second-order valence-electron chi connectivity index (χ2n) is 8.64. The van der Waals surface area contributed by atoms with Gasteiger partial charge < -0.3 is 9.47 Å². The molecule has 4 rings (SSSR count). The van der Waals surface area contributed by atoms with Crippen molar-refractivity contribution in [2.75, 3.05) is 0 Å². The van der Waals surface area contributed by atoms with Crippen molar-refractivity contribution in [3.63, 3.8) is 0 Å². The molecule has 0 saturated carbocycles. The number of hydrogen-bond acceptors (Lipinski definition) is 4. The van der Waals surface area contributed by atoms with Crippen molar-refractivity contribution in [1.82, 2.24) is 0 Å². The van der Waals surface area contributed by atoms with E-state index in [0.717, 1.165) is 37.5 Å². The Morgan fingerprint density at radius 3 is 1.29 bits per heavy atom. The van der Waals surface area contributed by atoms with Crippen LogP contribution in [-0.2, 0) is 22.1 Å². The van der Waals surface area contributed by atoms with Crippen LogP contribution in [0.4, 0.5) is 0 Å². The monoisotopic (exact) mass is 546 g/mol. The summed E-state index contributed by atoms with van der Waals surface area (Å²) in [5, 5.41) is 0. The third-order valence-electron chi connectivity index (χ3n) is 7.11. The van der Waals surface area contributed by atoms with Gasteiger partial charge in [0.2, 0.25) is 0 Å². The zero-order chi connectivity index (χ0) is 24.6. The summed E-state index contributed by atoms with van der Waals surface area (Å²) in [6.45, 7) is 8.75. The van der Waals surface area contributed by atoms with Crippen LogP contribution in [0.5, 0.6) is 0 Å². The van der Waals surface area contributed by atoms with Crippen LogP contribution in [0.25, 0.3) is 0 Å². The molecule has 4 nitrogen and oxygen atoms in total. The maximum absolute atomic E-state index is 6.54. The predicted molar refractivity (Wildman–Crippen MR) is 138 cm³/mol. The van der Waals surface area contributed by atoms with Crippen LogP contribution in [0.15, 0.2) is 70.6 Å². The number of aliphatic imine (C=N–C) groups is 2. The molecular weight excluding hydrogens is 514 g/mol. The molecule has 0 spiro atoms. The van der Waals surface area contributed by atoms with Crippen molar-refractivity contribution in [3.8, 4) is 0 Å². The van der Waals surface area contributed by atoms with Crippen LogP contribution in [0.3, 0.4) is 0 Å². The Labute approximate surface area is 218 Å². The van der Waals surface area contributed by atoms with E-state index >= 15 is 0 Å². The van der Waals surface area contributed by atoms with Crippen molar-refractivity contribution in [1.29, 1.82) is 0 Å². The van der Waals surface area contributed by atoms with Gasteiger partial charge in [0.05, 0.1) is 6.42 Å². The SMILES string of the molecule is CCC1(CC)OC(CC2=N[C@H](c3ccccc3)C(CC)(CC)O2)=N[C@@H]1c1ccccc1.[Cl][Ni][Cl]. The number of rotatable bonds is 8. The first-order valence-corrected chi connectivity index (χ1v) is 14.7. The molecule has 0 aliphatic carbocycles. The summed E-state index contributed by atoms with van der Waals surface area (Å²) < 4.78 is 13.1.